The van der Waals surface area contributed by atoms with Crippen LogP contribution in [0, 0.1) is 11.3 Å². The minimum absolute atomic E-state index is 0.146. The van der Waals surface area contributed by atoms with Crippen molar-refractivity contribution < 1.29 is 18.0 Å². The number of halogens is 3. The fourth-order valence-corrected chi connectivity index (χ4v) is 3.83. The molecule has 0 atom stereocenters. The van der Waals surface area contributed by atoms with E-state index in [1.807, 2.05) is 12.1 Å². The summed E-state index contributed by atoms with van der Waals surface area (Å²) >= 11 is 0. The van der Waals surface area contributed by atoms with E-state index in [1.54, 1.807) is 24.3 Å². The van der Waals surface area contributed by atoms with Crippen LogP contribution in [0.25, 0.3) is 5.69 Å². The molecule has 2 heterocycles. The van der Waals surface area contributed by atoms with Crippen LogP contribution in [0.3, 0.4) is 0 Å². The molecule has 1 aliphatic rings. The predicted molar refractivity (Wildman–Crippen MR) is 105 cm³/mol. The Kier molecular flexibility index (Phi) is 5.50. The second-order valence-corrected chi connectivity index (χ2v) is 7.30. The number of hydrogen-bond acceptors (Lipinski definition) is 4. The molecule has 0 saturated carbocycles. The van der Waals surface area contributed by atoms with Crippen LogP contribution in [-0.2, 0) is 30.4 Å². The number of nitriles is 1. The quantitative estimate of drug-likeness (QED) is 0.639. The molecular weight excluding hydrogens is 409 g/mol. The molecule has 1 N–H and O–H groups in total. The van der Waals surface area contributed by atoms with E-state index in [9.17, 15) is 23.2 Å². The molecule has 31 heavy (non-hydrogen) atoms. The van der Waals surface area contributed by atoms with Crippen LogP contribution in [0.5, 0.6) is 0 Å². The second-order valence-electron chi connectivity index (χ2n) is 7.30. The van der Waals surface area contributed by atoms with Gasteiger partial charge in [0, 0.05) is 11.3 Å². The Labute approximate surface area is 176 Å². The maximum atomic E-state index is 13.5. The van der Waals surface area contributed by atoms with E-state index in [-0.39, 0.29) is 23.5 Å². The zero-order valence-corrected chi connectivity index (χ0v) is 16.5. The molecule has 160 valence electrons. The van der Waals surface area contributed by atoms with Crippen molar-refractivity contribution in [2.24, 2.45) is 0 Å². The molecule has 0 fully saturated rings. The van der Waals surface area contributed by atoms with Gasteiger partial charge in [-0.05, 0) is 37.8 Å². The van der Waals surface area contributed by atoms with Gasteiger partial charge in [-0.15, -0.1) is 0 Å². The van der Waals surface area contributed by atoms with E-state index in [4.69, 9.17) is 0 Å². The number of anilines is 1. The number of nitrogens with one attached hydrogen (secondary N) is 1. The topological polar surface area (TPSA) is 88.5 Å². The van der Waals surface area contributed by atoms with Gasteiger partial charge in [-0.1, -0.05) is 24.6 Å². The SMILES string of the molecule is N#Cc1cnn(-c2ccccc2)c1NC(=O)Cn1nc(C(F)(F)F)c2c1CCCCC2. The Morgan fingerprint density at radius 2 is 1.90 bits per heavy atom. The summed E-state index contributed by atoms with van der Waals surface area (Å²) < 4.78 is 43.0. The summed E-state index contributed by atoms with van der Waals surface area (Å²) in [5, 5.41) is 19.9. The summed E-state index contributed by atoms with van der Waals surface area (Å²) in [5.41, 5.74) is 0.505. The van der Waals surface area contributed by atoms with Crippen LogP contribution >= 0.6 is 0 Å². The van der Waals surface area contributed by atoms with Crippen molar-refractivity contribution in [3.05, 3.63) is 59.0 Å². The average Bonchev–Trinajstić information content (AvgIpc) is 3.20. The number of amides is 1. The van der Waals surface area contributed by atoms with E-state index in [2.05, 4.69) is 15.5 Å². The summed E-state index contributed by atoms with van der Waals surface area (Å²) in [4.78, 5) is 12.8. The van der Waals surface area contributed by atoms with Crippen molar-refractivity contribution in [3.8, 4) is 11.8 Å². The summed E-state index contributed by atoms with van der Waals surface area (Å²) in [7, 11) is 0. The molecule has 1 aromatic carbocycles. The molecular formula is C21H19F3N6O. The predicted octanol–water partition coefficient (Wildman–Crippen LogP) is 3.87. The Hall–Kier alpha value is -3.61. The molecule has 0 saturated heterocycles. The Bertz CT molecular complexity index is 1140. The van der Waals surface area contributed by atoms with E-state index in [0.29, 0.717) is 30.6 Å². The average molecular weight is 428 g/mol. The molecule has 0 aliphatic heterocycles. The number of carbonyl (C=O) groups is 1. The number of rotatable bonds is 4. The largest absolute Gasteiger partial charge is 0.435 e. The maximum absolute atomic E-state index is 13.5. The second kappa shape index (κ2) is 8.26. The Morgan fingerprint density at radius 3 is 2.61 bits per heavy atom. The van der Waals surface area contributed by atoms with Crippen LogP contribution in [0.2, 0.25) is 0 Å². The van der Waals surface area contributed by atoms with E-state index in [1.165, 1.54) is 10.9 Å². The first kappa shape index (κ1) is 20.7. The highest BCUT2D eigenvalue weighted by Crippen LogP contribution is 2.35. The summed E-state index contributed by atoms with van der Waals surface area (Å²) in [6.45, 7) is -0.386. The first-order valence-electron chi connectivity index (χ1n) is 9.87. The fraction of sp³-hybridized carbons (Fsp3) is 0.333. The van der Waals surface area contributed by atoms with Crippen molar-refractivity contribution in [2.45, 2.75) is 44.8 Å². The smallest absolute Gasteiger partial charge is 0.308 e. The molecule has 0 bridgehead atoms. The van der Waals surface area contributed by atoms with Gasteiger partial charge in [-0.3, -0.25) is 9.48 Å². The number of aromatic nitrogens is 4. The monoisotopic (exact) mass is 428 g/mol. The maximum Gasteiger partial charge on any atom is 0.435 e. The zero-order chi connectivity index (χ0) is 22.0. The summed E-state index contributed by atoms with van der Waals surface area (Å²) in [6, 6.07) is 10.9. The van der Waals surface area contributed by atoms with Gasteiger partial charge in [0.1, 0.15) is 18.2 Å². The minimum atomic E-state index is -4.57. The molecule has 10 heteroatoms. The molecule has 1 aliphatic carbocycles. The normalized spacial score (nSPS) is 13.9. The van der Waals surface area contributed by atoms with Crippen LogP contribution < -0.4 is 5.32 Å². The van der Waals surface area contributed by atoms with Crippen molar-refractivity contribution in [1.29, 1.82) is 5.26 Å². The highest BCUT2D eigenvalue weighted by Gasteiger charge is 2.39. The van der Waals surface area contributed by atoms with Crippen molar-refractivity contribution >= 4 is 11.7 Å². The van der Waals surface area contributed by atoms with E-state index < -0.39 is 17.8 Å². The lowest BCUT2D eigenvalue weighted by Gasteiger charge is -2.11. The molecule has 2 aromatic heterocycles. The highest BCUT2D eigenvalue weighted by atomic mass is 19.4. The number of carbonyl (C=O) groups excluding carboxylic acids is 1. The lowest BCUT2D eigenvalue weighted by Crippen LogP contribution is -2.23. The number of benzene rings is 1. The molecule has 1 amide bonds. The van der Waals surface area contributed by atoms with Gasteiger partial charge >= 0.3 is 6.18 Å². The number of hydrogen-bond donors (Lipinski definition) is 1. The first-order chi connectivity index (χ1) is 14.9. The van der Waals surface area contributed by atoms with Gasteiger partial charge in [0.2, 0.25) is 5.91 Å². The van der Waals surface area contributed by atoms with Crippen molar-refractivity contribution in [2.75, 3.05) is 5.32 Å². The van der Waals surface area contributed by atoms with Crippen molar-refractivity contribution in [1.82, 2.24) is 19.6 Å². The molecule has 3 aromatic rings. The number of para-hydroxylation sites is 1. The first-order valence-corrected chi connectivity index (χ1v) is 9.87. The van der Waals surface area contributed by atoms with Crippen molar-refractivity contribution in [3.63, 3.8) is 0 Å². The lowest BCUT2D eigenvalue weighted by molar-refractivity contribution is -0.142. The molecule has 7 nitrogen and oxygen atoms in total. The molecule has 4 rings (SSSR count). The number of alkyl halides is 3. The van der Waals surface area contributed by atoms with Crippen LogP contribution in [-0.4, -0.2) is 25.5 Å². The number of fused-ring (bicyclic) bond motifs is 1. The third kappa shape index (κ3) is 4.17. The molecule has 0 radical (unpaired) electrons. The van der Waals surface area contributed by atoms with Gasteiger partial charge in [0.15, 0.2) is 11.5 Å². The Balaban J connectivity index is 1.63. The molecule has 0 spiro atoms. The highest BCUT2D eigenvalue weighted by molar-refractivity contribution is 5.91. The summed E-state index contributed by atoms with van der Waals surface area (Å²) in [6.07, 6.45) is -0.269. The fourth-order valence-electron chi connectivity index (χ4n) is 3.83. The van der Waals surface area contributed by atoms with E-state index >= 15 is 0 Å². The van der Waals surface area contributed by atoms with Gasteiger partial charge in [0.25, 0.3) is 0 Å². The zero-order valence-electron chi connectivity index (χ0n) is 16.5. The third-order valence-corrected chi connectivity index (χ3v) is 5.22. The van der Waals surface area contributed by atoms with Crippen LogP contribution in [0.15, 0.2) is 36.5 Å². The summed E-state index contributed by atoms with van der Waals surface area (Å²) in [5.74, 6) is -0.426. The van der Waals surface area contributed by atoms with Crippen LogP contribution in [0.4, 0.5) is 19.0 Å². The standard InChI is InChI=1S/C21H19F3N6O/c22-21(23,24)19-16-9-5-2-6-10-17(16)29(28-19)13-18(31)27-20-14(11-25)12-26-30(20)15-7-3-1-4-8-15/h1,3-4,7-8,12H,2,5-6,9-10,13H2,(H,27,31). The third-order valence-electron chi connectivity index (χ3n) is 5.22. The van der Waals surface area contributed by atoms with Gasteiger partial charge in [0.05, 0.1) is 11.9 Å². The molecule has 0 unspecified atom stereocenters. The minimum Gasteiger partial charge on any atom is -0.308 e. The van der Waals surface area contributed by atoms with E-state index in [0.717, 1.165) is 17.5 Å². The van der Waals surface area contributed by atoms with Crippen LogP contribution in [0.1, 0.15) is 41.8 Å². The van der Waals surface area contributed by atoms with Gasteiger partial charge in [-0.2, -0.15) is 28.6 Å². The Morgan fingerprint density at radius 1 is 1.16 bits per heavy atom. The number of nitrogens with zero attached hydrogens (tertiary/aromatic N) is 5. The van der Waals surface area contributed by atoms with Gasteiger partial charge < -0.3 is 5.32 Å². The lowest BCUT2D eigenvalue weighted by atomic mass is 10.1. The van der Waals surface area contributed by atoms with Gasteiger partial charge in [-0.25, -0.2) is 4.68 Å².